The van der Waals surface area contributed by atoms with E-state index in [4.69, 9.17) is 5.11 Å². The molecule has 2 rings (SSSR count). The number of carboxylic acid groups (broad SMARTS) is 1. The normalized spacial score (nSPS) is 16.5. The molecule has 90 valence electrons. The third kappa shape index (κ3) is 1.84. The molecule has 1 heterocycles. The molecule has 1 aliphatic carbocycles. The number of aliphatic carboxylic acids is 1. The molecule has 0 atom stereocenters. The number of carboxylic acids is 1. The van der Waals surface area contributed by atoms with E-state index < -0.39 is 5.97 Å². The fraction of sp³-hybridized carbons (Fsp3) is 0.462. The second kappa shape index (κ2) is 4.28. The van der Waals surface area contributed by atoms with E-state index in [1.54, 1.807) is 0 Å². The fourth-order valence-corrected chi connectivity index (χ4v) is 2.56. The topological polar surface area (TPSA) is 63.1 Å². The largest absolute Gasteiger partial charge is 0.481 e. The first-order valence-corrected chi connectivity index (χ1v) is 5.87. The number of nitrogens with zero attached hydrogens (tertiary/aromatic N) is 2. The maximum Gasteiger partial charge on any atom is 0.307 e. The Kier molecular flexibility index (Phi) is 2.96. The van der Waals surface area contributed by atoms with Crippen molar-refractivity contribution < 1.29 is 9.90 Å². The lowest BCUT2D eigenvalue weighted by molar-refractivity contribution is -0.135. The first kappa shape index (κ1) is 11.8. The van der Waals surface area contributed by atoms with Crippen molar-refractivity contribution in [2.24, 2.45) is 0 Å². The number of allylic oxidation sites excluding steroid dienone is 1. The van der Waals surface area contributed by atoms with Crippen molar-refractivity contribution in [1.82, 2.24) is 9.97 Å². The Morgan fingerprint density at radius 2 is 2.12 bits per heavy atom. The van der Waals surface area contributed by atoms with Crippen molar-refractivity contribution in [2.75, 3.05) is 0 Å². The lowest BCUT2D eigenvalue weighted by Gasteiger charge is -2.24. The fourth-order valence-electron chi connectivity index (χ4n) is 2.56. The Bertz CT molecular complexity index is 476. The zero-order chi connectivity index (χ0) is 12.5. The summed E-state index contributed by atoms with van der Waals surface area (Å²) in [6.07, 6.45) is 7.28. The Morgan fingerprint density at radius 1 is 1.41 bits per heavy atom. The SMILES string of the molecule is CCC1(CC)C=C(CC(=O)O)c2ncncc21. The molecule has 4 nitrogen and oxygen atoms in total. The number of rotatable bonds is 4. The average molecular weight is 232 g/mol. The first-order valence-electron chi connectivity index (χ1n) is 5.87. The van der Waals surface area contributed by atoms with Gasteiger partial charge >= 0.3 is 5.97 Å². The molecule has 0 aliphatic heterocycles. The van der Waals surface area contributed by atoms with Crippen molar-refractivity contribution in [3.05, 3.63) is 29.9 Å². The molecular weight excluding hydrogens is 216 g/mol. The summed E-state index contributed by atoms with van der Waals surface area (Å²) in [5.41, 5.74) is 2.62. The highest BCUT2D eigenvalue weighted by atomic mass is 16.4. The van der Waals surface area contributed by atoms with E-state index >= 15 is 0 Å². The molecule has 0 unspecified atom stereocenters. The zero-order valence-corrected chi connectivity index (χ0v) is 10.1. The van der Waals surface area contributed by atoms with Crippen molar-refractivity contribution >= 4 is 11.5 Å². The van der Waals surface area contributed by atoms with Crippen LogP contribution >= 0.6 is 0 Å². The number of fused-ring (bicyclic) bond motifs is 1. The van der Waals surface area contributed by atoms with E-state index in [0.717, 1.165) is 29.7 Å². The van der Waals surface area contributed by atoms with E-state index in [-0.39, 0.29) is 11.8 Å². The Labute approximate surface area is 100 Å². The Hall–Kier alpha value is -1.71. The molecule has 0 aromatic carbocycles. The maximum absolute atomic E-state index is 10.9. The molecule has 0 radical (unpaired) electrons. The molecule has 0 spiro atoms. The van der Waals surface area contributed by atoms with Crippen LogP contribution in [0.2, 0.25) is 0 Å². The molecule has 1 aromatic heterocycles. The van der Waals surface area contributed by atoms with Gasteiger partial charge in [0.25, 0.3) is 0 Å². The smallest absolute Gasteiger partial charge is 0.307 e. The quantitative estimate of drug-likeness (QED) is 0.865. The summed E-state index contributed by atoms with van der Waals surface area (Å²) < 4.78 is 0. The van der Waals surface area contributed by atoms with Gasteiger partial charge in [0, 0.05) is 17.2 Å². The lowest BCUT2D eigenvalue weighted by atomic mass is 9.79. The van der Waals surface area contributed by atoms with Gasteiger partial charge in [-0.3, -0.25) is 4.79 Å². The number of carbonyl (C=O) groups is 1. The maximum atomic E-state index is 10.9. The average Bonchev–Trinajstić information content (AvgIpc) is 2.64. The summed E-state index contributed by atoms with van der Waals surface area (Å²) in [5.74, 6) is -0.816. The summed E-state index contributed by atoms with van der Waals surface area (Å²) >= 11 is 0. The van der Waals surface area contributed by atoms with Crippen molar-refractivity contribution in [3.63, 3.8) is 0 Å². The molecule has 1 N–H and O–H groups in total. The minimum Gasteiger partial charge on any atom is -0.481 e. The van der Waals surface area contributed by atoms with Crippen LogP contribution in [0.4, 0.5) is 0 Å². The molecule has 17 heavy (non-hydrogen) atoms. The molecule has 4 heteroatoms. The van der Waals surface area contributed by atoms with E-state index in [1.807, 2.05) is 6.20 Å². The highest BCUT2D eigenvalue weighted by molar-refractivity contribution is 5.86. The van der Waals surface area contributed by atoms with Gasteiger partial charge in [0.1, 0.15) is 6.33 Å². The molecule has 0 saturated carbocycles. The predicted molar refractivity (Wildman–Crippen MR) is 64.5 cm³/mol. The number of hydrogen-bond donors (Lipinski definition) is 1. The van der Waals surface area contributed by atoms with E-state index in [1.165, 1.54) is 6.33 Å². The van der Waals surface area contributed by atoms with Crippen LogP contribution in [0.25, 0.3) is 5.57 Å². The summed E-state index contributed by atoms with van der Waals surface area (Å²) in [4.78, 5) is 19.2. The third-order valence-electron chi connectivity index (χ3n) is 3.61. The Balaban J connectivity index is 2.52. The number of aromatic nitrogens is 2. The summed E-state index contributed by atoms with van der Waals surface area (Å²) in [7, 11) is 0. The van der Waals surface area contributed by atoms with Gasteiger partial charge in [-0.05, 0) is 18.4 Å². The van der Waals surface area contributed by atoms with Crippen LogP contribution in [0.5, 0.6) is 0 Å². The minimum absolute atomic E-state index is 0.0335. The van der Waals surface area contributed by atoms with Gasteiger partial charge in [0.2, 0.25) is 0 Å². The minimum atomic E-state index is -0.816. The van der Waals surface area contributed by atoms with Crippen molar-refractivity contribution in [3.8, 4) is 0 Å². The van der Waals surface area contributed by atoms with Crippen LogP contribution in [0.1, 0.15) is 44.4 Å². The summed E-state index contributed by atoms with van der Waals surface area (Å²) in [6.45, 7) is 4.22. The van der Waals surface area contributed by atoms with Crippen LogP contribution in [-0.2, 0) is 10.2 Å². The van der Waals surface area contributed by atoms with Gasteiger partial charge in [-0.1, -0.05) is 19.9 Å². The van der Waals surface area contributed by atoms with Crippen molar-refractivity contribution in [2.45, 2.75) is 38.5 Å². The monoisotopic (exact) mass is 232 g/mol. The Morgan fingerprint density at radius 3 is 2.71 bits per heavy atom. The molecule has 1 aliphatic rings. The van der Waals surface area contributed by atoms with Crippen LogP contribution in [0.3, 0.4) is 0 Å². The predicted octanol–water partition coefficient (Wildman–Crippen LogP) is 2.41. The molecule has 0 fully saturated rings. The van der Waals surface area contributed by atoms with Crippen LogP contribution in [0, 0.1) is 0 Å². The molecular formula is C13H16N2O2. The molecule has 0 bridgehead atoms. The summed E-state index contributed by atoms with van der Waals surface area (Å²) in [5, 5.41) is 8.93. The van der Waals surface area contributed by atoms with Gasteiger partial charge in [-0.15, -0.1) is 0 Å². The lowest BCUT2D eigenvalue weighted by Crippen LogP contribution is -2.19. The molecule has 1 aromatic rings. The van der Waals surface area contributed by atoms with Gasteiger partial charge in [0.05, 0.1) is 12.1 Å². The highest BCUT2D eigenvalue weighted by Crippen LogP contribution is 2.44. The van der Waals surface area contributed by atoms with Gasteiger partial charge in [-0.2, -0.15) is 0 Å². The van der Waals surface area contributed by atoms with Crippen LogP contribution in [-0.4, -0.2) is 21.0 Å². The standard InChI is InChI=1S/C13H16N2O2/c1-3-13(4-2)6-9(5-11(16)17)12-10(13)7-14-8-15-12/h6-8H,3-5H2,1-2H3,(H,16,17). The number of hydrogen-bond acceptors (Lipinski definition) is 3. The molecule has 0 amide bonds. The third-order valence-corrected chi connectivity index (χ3v) is 3.61. The van der Waals surface area contributed by atoms with Crippen LogP contribution < -0.4 is 0 Å². The highest BCUT2D eigenvalue weighted by Gasteiger charge is 2.36. The van der Waals surface area contributed by atoms with E-state index in [0.29, 0.717) is 0 Å². The second-order valence-corrected chi connectivity index (χ2v) is 4.39. The van der Waals surface area contributed by atoms with Crippen LogP contribution in [0.15, 0.2) is 18.6 Å². The van der Waals surface area contributed by atoms with Gasteiger partial charge < -0.3 is 5.11 Å². The molecule has 0 saturated heterocycles. The van der Waals surface area contributed by atoms with Gasteiger partial charge in [-0.25, -0.2) is 9.97 Å². The second-order valence-electron chi connectivity index (χ2n) is 4.39. The first-order chi connectivity index (χ1) is 8.13. The van der Waals surface area contributed by atoms with E-state index in [2.05, 4.69) is 29.9 Å². The summed E-state index contributed by atoms with van der Waals surface area (Å²) in [6, 6.07) is 0. The zero-order valence-electron chi connectivity index (χ0n) is 10.1. The van der Waals surface area contributed by atoms with Gasteiger partial charge in [0.15, 0.2) is 0 Å². The van der Waals surface area contributed by atoms with E-state index in [9.17, 15) is 4.79 Å². The van der Waals surface area contributed by atoms with Crippen molar-refractivity contribution in [1.29, 1.82) is 0 Å².